The third-order valence-electron chi connectivity index (χ3n) is 10.9. The maximum atomic E-state index is 12.8. The Morgan fingerprint density at radius 3 is 1.80 bits per heavy atom. The zero-order valence-electron chi connectivity index (χ0n) is 37.4. The lowest BCUT2D eigenvalue weighted by molar-refractivity contribution is -0.161. The number of hydrogen-bond acceptors (Lipinski definition) is 11. The number of aromatic nitrogens is 2. The van der Waals surface area contributed by atoms with E-state index in [4.69, 9.17) is 29.0 Å². The molecule has 0 spiro atoms. The Morgan fingerprint density at radius 2 is 1.27 bits per heavy atom. The molecule has 4 unspecified atom stereocenters. The number of ether oxygens (including phenoxy) is 3. The molecule has 1 aromatic heterocycles. The number of unbranched alkanes of at least 4 members (excludes halogenated alkanes) is 23. The molecule has 0 radical (unpaired) electrons. The first-order valence-electron chi connectivity index (χ1n) is 23.8. The average molecular weight is 868 g/mol. The molecule has 60 heavy (non-hydrogen) atoms. The Hall–Kier alpha value is -2.57. The first kappa shape index (κ1) is 53.6. The van der Waals surface area contributed by atoms with Crippen molar-refractivity contribution >= 4 is 25.6 Å². The summed E-state index contributed by atoms with van der Waals surface area (Å²) in [7, 11) is -4.61. The van der Waals surface area contributed by atoms with Crippen LogP contribution in [-0.2, 0) is 37.4 Å². The highest BCUT2D eigenvalue weighted by molar-refractivity contribution is 7.47. The Labute approximate surface area is 361 Å². The van der Waals surface area contributed by atoms with Crippen LogP contribution in [0.2, 0.25) is 0 Å². The molecule has 0 aliphatic carbocycles. The van der Waals surface area contributed by atoms with E-state index in [0.717, 1.165) is 57.8 Å². The van der Waals surface area contributed by atoms with Crippen LogP contribution in [0.5, 0.6) is 0 Å². The summed E-state index contributed by atoms with van der Waals surface area (Å²) in [4.78, 5) is 51.8. The maximum Gasteiger partial charge on any atom is 0.472 e. The minimum absolute atomic E-state index is 0.101. The molecule has 1 saturated heterocycles. The van der Waals surface area contributed by atoms with E-state index >= 15 is 0 Å². The van der Waals surface area contributed by atoms with Gasteiger partial charge in [-0.05, 0) is 57.4 Å². The van der Waals surface area contributed by atoms with Gasteiger partial charge in [0.05, 0.1) is 19.3 Å². The average Bonchev–Trinajstić information content (AvgIpc) is 3.70. The number of phosphoric ester groups is 1. The SMILES string of the molecule is CCCCCCCC/C=C/CCCCCCCC(=O)OC(COC(=O)CCCCCCCCCCCCCCC)COP(=O)(O)OCC1CCC(n2ccc(N)nc2=O)O1. The van der Waals surface area contributed by atoms with Gasteiger partial charge in [-0.1, -0.05) is 154 Å². The largest absolute Gasteiger partial charge is 0.472 e. The predicted molar refractivity (Wildman–Crippen MR) is 238 cm³/mol. The molecular weight excluding hydrogens is 785 g/mol. The van der Waals surface area contributed by atoms with E-state index in [2.05, 4.69) is 31.0 Å². The smallest absolute Gasteiger partial charge is 0.462 e. The van der Waals surface area contributed by atoms with Crippen LogP contribution in [0, 0.1) is 0 Å². The van der Waals surface area contributed by atoms with E-state index < -0.39 is 50.5 Å². The molecule has 3 N–H and O–H groups in total. The van der Waals surface area contributed by atoms with E-state index in [-0.39, 0.29) is 31.9 Å². The summed E-state index contributed by atoms with van der Waals surface area (Å²) in [5, 5.41) is 0. The van der Waals surface area contributed by atoms with E-state index in [0.29, 0.717) is 25.7 Å². The number of nitrogens with zero attached hydrogens (tertiary/aromatic N) is 2. The van der Waals surface area contributed by atoms with Gasteiger partial charge in [-0.25, -0.2) is 9.36 Å². The number of esters is 2. The highest BCUT2D eigenvalue weighted by atomic mass is 31.2. The normalized spacial score (nSPS) is 16.9. The van der Waals surface area contributed by atoms with Crippen molar-refractivity contribution in [2.24, 2.45) is 0 Å². The number of allylic oxidation sites excluding steroid dienone is 2. The first-order chi connectivity index (χ1) is 29.1. The number of nitrogens with two attached hydrogens (primary N) is 1. The molecule has 1 aliphatic rings. The number of phosphoric acid groups is 1. The maximum absolute atomic E-state index is 12.8. The minimum Gasteiger partial charge on any atom is -0.462 e. The van der Waals surface area contributed by atoms with Gasteiger partial charge >= 0.3 is 25.5 Å². The fourth-order valence-electron chi connectivity index (χ4n) is 7.30. The Kier molecular flexibility index (Phi) is 31.2. The molecule has 2 rings (SSSR count). The summed E-state index contributed by atoms with van der Waals surface area (Å²) in [6.07, 6.45) is 35.7. The molecule has 0 aromatic carbocycles. The van der Waals surface area contributed by atoms with Crippen LogP contribution in [-0.4, -0.2) is 58.4 Å². The van der Waals surface area contributed by atoms with Gasteiger partial charge in [-0.2, -0.15) is 4.98 Å². The van der Waals surface area contributed by atoms with Crippen molar-refractivity contribution in [2.45, 2.75) is 225 Å². The third kappa shape index (κ3) is 28.1. The molecular formula is C46H82N3O10P. The molecule has 4 atom stereocenters. The van der Waals surface area contributed by atoms with Crippen molar-refractivity contribution in [3.05, 3.63) is 34.9 Å². The van der Waals surface area contributed by atoms with Crippen molar-refractivity contribution in [3.8, 4) is 0 Å². The second-order valence-electron chi connectivity index (χ2n) is 16.5. The predicted octanol–water partition coefficient (Wildman–Crippen LogP) is 11.6. The monoisotopic (exact) mass is 868 g/mol. The summed E-state index contributed by atoms with van der Waals surface area (Å²) in [6.45, 7) is 3.42. The van der Waals surface area contributed by atoms with E-state index in [1.807, 2.05) is 0 Å². The molecule has 14 heteroatoms. The summed E-state index contributed by atoms with van der Waals surface area (Å²) in [6, 6.07) is 1.49. The summed E-state index contributed by atoms with van der Waals surface area (Å²) in [5.74, 6) is -0.799. The Bertz CT molecular complexity index is 1390. The van der Waals surface area contributed by atoms with Crippen LogP contribution in [0.4, 0.5) is 5.82 Å². The lowest BCUT2D eigenvalue weighted by Gasteiger charge is -2.21. The first-order valence-corrected chi connectivity index (χ1v) is 25.2. The fraction of sp³-hybridized carbons (Fsp3) is 0.826. The highest BCUT2D eigenvalue weighted by Crippen LogP contribution is 2.44. The van der Waals surface area contributed by atoms with E-state index in [9.17, 15) is 23.8 Å². The molecule has 2 heterocycles. The minimum atomic E-state index is -4.61. The molecule has 346 valence electrons. The van der Waals surface area contributed by atoms with Gasteiger partial charge in [0.25, 0.3) is 0 Å². The van der Waals surface area contributed by atoms with Crippen LogP contribution < -0.4 is 11.4 Å². The van der Waals surface area contributed by atoms with Gasteiger partial charge in [-0.3, -0.25) is 23.2 Å². The lowest BCUT2D eigenvalue weighted by atomic mass is 10.0. The van der Waals surface area contributed by atoms with E-state index in [1.54, 1.807) is 0 Å². The molecule has 0 saturated carbocycles. The van der Waals surface area contributed by atoms with Crippen LogP contribution in [0.1, 0.15) is 213 Å². The van der Waals surface area contributed by atoms with Crippen LogP contribution in [0.3, 0.4) is 0 Å². The standard InChI is InChI=1S/C46H82N3O10P/c1-3-5-7-9-11-13-15-17-18-20-22-24-26-28-30-32-45(51)59-41(37-55-44(50)31-29-27-25-23-21-19-16-14-12-10-8-6-4-2)39-57-60(53,54)56-38-40-33-34-43(58-40)49-36-35-42(47)48-46(49)52/h17-18,35-36,40-41,43H,3-16,19-34,37-39H2,1-2H3,(H,53,54)(H2,47,48,52)/b18-17+. The summed E-state index contributed by atoms with van der Waals surface area (Å²) < 4.78 is 41.5. The van der Waals surface area contributed by atoms with Gasteiger partial charge in [0.2, 0.25) is 0 Å². The Morgan fingerprint density at radius 1 is 0.767 bits per heavy atom. The summed E-state index contributed by atoms with van der Waals surface area (Å²) >= 11 is 0. The second-order valence-corrected chi connectivity index (χ2v) is 18.0. The fourth-order valence-corrected chi connectivity index (χ4v) is 8.08. The Balaban J connectivity index is 1.71. The molecule has 1 fully saturated rings. The van der Waals surface area contributed by atoms with Crippen molar-refractivity contribution in [1.82, 2.24) is 9.55 Å². The number of carbonyl (C=O) groups is 2. The van der Waals surface area contributed by atoms with Crippen molar-refractivity contribution in [1.29, 1.82) is 0 Å². The van der Waals surface area contributed by atoms with Gasteiger partial charge < -0.3 is 24.8 Å². The lowest BCUT2D eigenvalue weighted by Crippen LogP contribution is -2.30. The van der Waals surface area contributed by atoms with Gasteiger partial charge in [0.1, 0.15) is 18.7 Å². The molecule has 13 nitrogen and oxygen atoms in total. The van der Waals surface area contributed by atoms with Crippen LogP contribution in [0.15, 0.2) is 29.2 Å². The number of hydrogen-bond donors (Lipinski definition) is 2. The molecule has 0 bridgehead atoms. The quantitative estimate of drug-likeness (QED) is 0.0277. The van der Waals surface area contributed by atoms with Crippen molar-refractivity contribution in [2.75, 3.05) is 25.6 Å². The number of carbonyl (C=O) groups excluding carboxylic acids is 2. The number of rotatable bonds is 39. The second kappa shape index (κ2) is 35.0. The van der Waals surface area contributed by atoms with Crippen molar-refractivity contribution < 1.29 is 42.3 Å². The topological polar surface area (TPSA) is 179 Å². The van der Waals surface area contributed by atoms with Crippen LogP contribution >= 0.6 is 7.82 Å². The number of nitrogen functional groups attached to an aromatic ring is 1. The van der Waals surface area contributed by atoms with Crippen LogP contribution in [0.25, 0.3) is 0 Å². The molecule has 0 amide bonds. The zero-order chi connectivity index (χ0) is 43.5. The van der Waals surface area contributed by atoms with Gasteiger partial charge in [-0.15, -0.1) is 0 Å². The van der Waals surface area contributed by atoms with Gasteiger partial charge in [0.15, 0.2) is 6.10 Å². The number of anilines is 1. The highest BCUT2D eigenvalue weighted by Gasteiger charge is 2.32. The summed E-state index contributed by atoms with van der Waals surface area (Å²) in [5.41, 5.74) is 5.02. The van der Waals surface area contributed by atoms with E-state index in [1.165, 1.54) is 113 Å². The molecule has 1 aromatic rings. The van der Waals surface area contributed by atoms with Crippen molar-refractivity contribution in [3.63, 3.8) is 0 Å². The third-order valence-corrected chi connectivity index (χ3v) is 11.9. The van der Waals surface area contributed by atoms with Gasteiger partial charge in [0, 0.05) is 19.0 Å². The molecule has 1 aliphatic heterocycles. The zero-order valence-corrected chi connectivity index (χ0v) is 38.3.